The van der Waals surface area contributed by atoms with Crippen LogP contribution in [0.15, 0.2) is 43.0 Å². The van der Waals surface area contributed by atoms with Gasteiger partial charge in [-0.15, -0.1) is 0 Å². The van der Waals surface area contributed by atoms with Gasteiger partial charge in [0.15, 0.2) is 0 Å². The Hall–Kier alpha value is -2.89. The number of ether oxygens (including phenoxy) is 1. The van der Waals surface area contributed by atoms with Crippen molar-refractivity contribution in [3.8, 4) is 0 Å². The normalized spacial score (nSPS) is 11.3. The van der Waals surface area contributed by atoms with Gasteiger partial charge in [-0.05, 0) is 19.1 Å². The van der Waals surface area contributed by atoms with E-state index in [1.807, 2.05) is 0 Å². The number of aromatic carboxylic acids is 2. The number of hydrogen-bond acceptors (Lipinski definition) is 4. The van der Waals surface area contributed by atoms with Crippen molar-refractivity contribution in [3.63, 3.8) is 0 Å². The second kappa shape index (κ2) is 6.51. The van der Waals surface area contributed by atoms with Crippen LogP contribution >= 0.6 is 0 Å². The average molecular weight is 290 g/mol. The summed E-state index contributed by atoms with van der Waals surface area (Å²) in [4.78, 5) is 34.0. The summed E-state index contributed by atoms with van der Waals surface area (Å²) < 4.78 is 5.06. The van der Waals surface area contributed by atoms with Crippen molar-refractivity contribution >= 4 is 17.9 Å². The molecule has 1 aromatic rings. The van der Waals surface area contributed by atoms with Crippen molar-refractivity contribution in [3.05, 3.63) is 59.7 Å². The zero-order valence-electron chi connectivity index (χ0n) is 11.3. The number of hydrogen-bond donors (Lipinski definition) is 2. The van der Waals surface area contributed by atoms with Gasteiger partial charge in [0.05, 0.1) is 11.1 Å². The molecule has 1 aromatic carbocycles. The Morgan fingerprint density at radius 2 is 1.86 bits per heavy atom. The van der Waals surface area contributed by atoms with Crippen LogP contribution in [0, 0.1) is 0 Å². The molecule has 0 bridgehead atoms. The first kappa shape index (κ1) is 16.2. The fourth-order valence-corrected chi connectivity index (χ4v) is 1.68. The van der Waals surface area contributed by atoms with E-state index in [1.165, 1.54) is 25.1 Å². The number of carbonyl (C=O) groups is 3. The highest BCUT2D eigenvalue weighted by molar-refractivity contribution is 6.03. The molecule has 1 atom stereocenters. The van der Waals surface area contributed by atoms with E-state index in [0.717, 1.165) is 6.07 Å². The Bertz CT molecular complexity index is 629. The Labute approximate surface area is 121 Å². The Kier molecular flexibility index (Phi) is 5.01. The highest BCUT2D eigenvalue weighted by atomic mass is 16.5. The van der Waals surface area contributed by atoms with E-state index in [-0.39, 0.29) is 11.1 Å². The SMILES string of the molecule is C=CC(OC(=O)C(=C)C)c1cccc(C(=O)O)c1C(=O)O. The Balaban J connectivity index is 3.39. The predicted molar refractivity (Wildman–Crippen MR) is 74.2 cm³/mol. The highest BCUT2D eigenvalue weighted by Gasteiger charge is 2.25. The van der Waals surface area contributed by atoms with Crippen LogP contribution in [0.4, 0.5) is 0 Å². The number of benzene rings is 1. The summed E-state index contributed by atoms with van der Waals surface area (Å²) >= 11 is 0. The fourth-order valence-electron chi connectivity index (χ4n) is 1.68. The van der Waals surface area contributed by atoms with Gasteiger partial charge in [-0.25, -0.2) is 14.4 Å². The smallest absolute Gasteiger partial charge is 0.337 e. The standard InChI is InChI=1S/C15H14O6/c1-4-11(21-15(20)8(2)3)9-6-5-7-10(13(16)17)12(9)14(18)19/h4-7,11H,1-2H2,3H3,(H,16,17)(H,18,19). The lowest BCUT2D eigenvalue weighted by Crippen LogP contribution is -2.17. The monoisotopic (exact) mass is 290 g/mol. The fraction of sp³-hybridized carbons (Fsp3) is 0.133. The number of carboxylic acid groups (broad SMARTS) is 2. The summed E-state index contributed by atoms with van der Waals surface area (Å²) in [6, 6.07) is 3.90. The molecular formula is C15H14O6. The topological polar surface area (TPSA) is 101 Å². The summed E-state index contributed by atoms with van der Waals surface area (Å²) in [5.41, 5.74) is -0.664. The van der Waals surface area contributed by atoms with Gasteiger partial charge in [0.1, 0.15) is 6.10 Å². The molecule has 110 valence electrons. The first-order valence-corrected chi connectivity index (χ1v) is 5.88. The maximum Gasteiger partial charge on any atom is 0.337 e. The van der Waals surface area contributed by atoms with Crippen molar-refractivity contribution < 1.29 is 29.3 Å². The van der Waals surface area contributed by atoms with Crippen LogP contribution in [0.2, 0.25) is 0 Å². The molecular weight excluding hydrogens is 276 g/mol. The zero-order chi connectivity index (χ0) is 16.2. The van der Waals surface area contributed by atoms with Crippen LogP contribution in [0.3, 0.4) is 0 Å². The lowest BCUT2D eigenvalue weighted by Gasteiger charge is -2.17. The molecule has 1 rings (SSSR count). The van der Waals surface area contributed by atoms with Crippen molar-refractivity contribution in [2.75, 3.05) is 0 Å². The molecule has 21 heavy (non-hydrogen) atoms. The van der Waals surface area contributed by atoms with Crippen LogP contribution in [-0.4, -0.2) is 28.1 Å². The molecule has 0 aromatic heterocycles. The summed E-state index contributed by atoms with van der Waals surface area (Å²) in [5, 5.41) is 18.3. The summed E-state index contributed by atoms with van der Waals surface area (Å²) in [5.74, 6) is -3.54. The third kappa shape index (κ3) is 3.56. The minimum atomic E-state index is -1.43. The lowest BCUT2D eigenvalue weighted by molar-refractivity contribution is -0.142. The molecule has 0 amide bonds. The third-order valence-corrected chi connectivity index (χ3v) is 2.64. The number of rotatable bonds is 6. The molecule has 0 saturated carbocycles. The van der Waals surface area contributed by atoms with Gasteiger partial charge in [0.25, 0.3) is 0 Å². The van der Waals surface area contributed by atoms with E-state index < -0.39 is 35.1 Å². The van der Waals surface area contributed by atoms with Gasteiger partial charge in [0, 0.05) is 11.1 Å². The van der Waals surface area contributed by atoms with E-state index >= 15 is 0 Å². The minimum absolute atomic E-state index is 0.0343. The second-order valence-corrected chi connectivity index (χ2v) is 4.22. The Morgan fingerprint density at radius 3 is 2.29 bits per heavy atom. The average Bonchev–Trinajstić information content (AvgIpc) is 2.43. The second-order valence-electron chi connectivity index (χ2n) is 4.22. The van der Waals surface area contributed by atoms with E-state index in [4.69, 9.17) is 9.84 Å². The molecule has 0 aliphatic rings. The number of esters is 1. The van der Waals surface area contributed by atoms with E-state index in [1.54, 1.807) is 0 Å². The molecule has 1 unspecified atom stereocenters. The molecule has 2 N–H and O–H groups in total. The van der Waals surface area contributed by atoms with Crippen LogP contribution in [-0.2, 0) is 9.53 Å². The molecule has 0 aliphatic heterocycles. The maximum absolute atomic E-state index is 11.6. The molecule has 0 heterocycles. The van der Waals surface area contributed by atoms with Gasteiger partial charge in [-0.3, -0.25) is 0 Å². The maximum atomic E-state index is 11.6. The first-order chi connectivity index (χ1) is 9.79. The minimum Gasteiger partial charge on any atom is -0.478 e. The van der Waals surface area contributed by atoms with E-state index in [0.29, 0.717) is 0 Å². The van der Waals surface area contributed by atoms with Crippen molar-refractivity contribution in [1.29, 1.82) is 0 Å². The molecule has 6 heteroatoms. The first-order valence-electron chi connectivity index (χ1n) is 5.88. The van der Waals surface area contributed by atoms with Crippen molar-refractivity contribution in [1.82, 2.24) is 0 Å². The van der Waals surface area contributed by atoms with Gasteiger partial charge < -0.3 is 14.9 Å². The molecule has 0 spiro atoms. The molecule has 0 radical (unpaired) electrons. The van der Waals surface area contributed by atoms with Gasteiger partial charge in [0.2, 0.25) is 0 Å². The molecule has 0 aliphatic carbocycles. The third-order valence-electron chi connectivity index (χ3n) is 2.64. The molecule has 0 saturated heterocycles. The van der Waals surface area contributed by atoms with Crippen molar-refractivity contribution in [2.24, 2.45) is 0 Å². The predicted octanol–water partition coefficient (Wildman–Crippen LogP) is 2.43. The summed E-state index contributed by atoms with van der Waals surface area (Å²) in [6.07, 6.45) is 0.133. The van der Waals surface area contributed by atoms with Crippen LogP contribution in [0.5, 0.6) is 0 Å². The quantitative estimate of drug-likeness (QED) is 0.474. The largest absolute Gasteiger partial charge is 0.478 e. The zero-order valence-corrected chi connectivity index (χ0v) is 11.3. The van der Waals surface area contributed by atoms with Crippen LogP contribution < -0.4 is 0 Å². The number of carboxylic acids is 2. The van der Waals surface area contributed by atoms with Crippen LogP contribution in [0.1, 0.15) is 39.3 Å². The summed E-state index contributed by atoms with van der Waals surface area (Å²) in [7, 11) is 0. The van der Waals surface area contributed by atoms with E-state index in [9.17, 15) is 19.5 Å². The van der Waals surface area contributed by atoms with E-state index in [2.05, 4.69) is 13.2 Å². The van der Waals surface area contributed by atoms with Crippen LogP contribution in [0.25, 0.3) is 0 Å². The number of carbonyl (C=O) groups excluding carboxylic acids is 1. The lowest BCUT2D eigenvalue weighted by atomic mass is 9.97. The van der Waals surface area contributed by atoms with Gasteiger partial charge in [-0.1, -0.05) is 25.3 Å². The summed E-state index contributed by atoms with van der Waals surface area (Å²) in [6.45, 7) is 8.34. The Morgan fingerprint density at radius 1 is 1.24 bits per heavy atom. The van der Waals surface area contributed by atoms with Gasteiger partial charge in [-0.2, -0.15) is 0 Å². The van der Waals surface area contributed by atoms with Crippen molar-refractivity contribution in [2.45, 2.75) is 13.0 Å². The highest BCUT2D eigenvalue weighted by Crippen LogP contribution is 2.26. The van der Waals surface area contributed by atoms with Gasteiger partial charge >= 0.3 is 17.9 Å². The molecule has 0 fully saturated rings. The molecule has 6 nitrogen and oxygen atoms in total.